The highest BCUT2D eigenvalue weighted by molar-refractivity contribution is 5.93. The molecule has 0 saturated heterocycles. The Bertz CT molecular complexity index is 619. The summed E-state index contributed by atoms with van der Waals surface area (Å²) in [6.07, 6.45) is 0.219. The smallest absolute Gasteiger partial charge is 0.353 e. The minimum Gasteiger partial charge on any atom is -0.477 e. The lowest BCUT2D eigenvalue weighted by molar-refractivity contribution is -0.115. The molecular formula is C13H13N3O3. The van der Waals surface area contributed by atoms with Gasteiger partial charge < -0.3 is 10.4 Å². The van der Waals surface area contributed by atoms with Crippen molar-refractivity contribution < 1.29 is 14.7 Å². The molecular weight excluding hydrogens is 246 g/mol. The molecule has 1 amide bonds. The van der Waals surface area contributed by atoms with E-state index >= 15 is 0 Å². The van der Waals surface area contributed by atoms with Crippen LogP contribution in [0.15, 0.2) is 30.3 Å². The minimum absolute atomic E-state index is 0.0640. The van der Waals surface area contributed by atoms with Gasteiger partial charge in [-0.05, 0) is 12.5 Å². The number of H-pyrrole nitrogens is 1. The molecule has 6 heteroatoms. The zero-order chi connectivity index (χ0) is 13.8. The molecule has 0 unspecified atom stereocenters. The number of hydrogen-bond donors (Lipinski definition) is 3. The summed E-state index contributed by atoms with van der Waals surface area (Å²) in [7, 11) is 0. The molecule has 1 aromatic heterocycles. The number of nitrogens with one attached hydrogen (secondary N) is 2. The van der Waals surface area contributed by atoms with E-state index in [9.17, 15) is 9.59 Å². The van der Waals surface area contributed by atoms with Gasteiger partial charge in [0.25, 0.3) is 0 Å². The Morgan fingerprint density at radius 1 is 1.37 bits per heavy atom. The van der Waals surface area contributed by atoms with Crippen molar-refractivity contribution in [3.05, 3.63) is 47.2 Å². The SMILES string of the molecule is Cc1cccc(CC(=O)Nc2cc(C(=O)O)[nH]n2)c1. The maximum atomic E-state index is 11.8. The summed E-state index contributed by atoms with van der Waals surface area (Å²) in [6, 6.07) is 8.90. The van der Waals surface area contributed by atoms with Crippen LogP contribution in [0.1, 0.15) is 21.6 Å². The van der Waals surface area contributed by atoms with Crippen LogP contribution in [0.4, 0.5) is 5.82 Å². The van der Waals surface area contributed by atoms with E-state index in [1.165, 1.54) is 6.07 Å². The minimum atomic E-state index is -1.12. The average Bonchev–Trinajstić information content (AvgIpc) is 2.77. The number of nitrogens with zero attached hydrogens (tertiary/aromatic N) is 1. The summed E-state index contributed by atoms with van der Waals surface area (Å²) in [5, 5.41) is 17.3. The van der Waals surface area contributed by atoms with Crippen LogP contribution in [0.2, 0.25) is 0 Å². The summed E-state index contributed by atoms with van der Waals surface area (Å²) in [5.74, 6) is -1.16. The van der Waals surface area contributed by atoms with Crippen molar-refractivity contribution in [1.29, 1.82) is 0 Å². The molecule has 0 aliphatic rings. The highest BCUT2D eigenvalue weighted by atomic mass is 16.4. The topological polar surface area (TPSA) is 95.1 Å². The molecule has 1 heterocycles. The van der Waals surface area contributed by atoms with Crippen LogP contribution >= 0.6 is 0 Å². The van der Waals surface area contributed by atoms with Crippen LogP contribution in [-0.2, 0) is 11.2 Å². The second-order valence-corrected chi connectivity index (χ2v) is 4.19. The molecule has 0 atom stereocenters. The Labute approximate surface area is 109 Å². The summed E-state index contributed by atoms with van der Waals surface area (Å²) in [4.78, 5) is 22.4. The molecule has 0 bridgehead atoms. The number of amides is 1. The normalized spacial score (nSPS) is 10.2. The first-order valence-electron chi connectivity index (χ1n) is 5.68. The molecule has 0 aliphatic heterocycles. The van der Waals surface area contributed by atoms with E-state index in [0.717, 1.165) is 11.1 Å². The highest BCUT2D eigenvalue weighted by Crippen LogP contribution is 2.08. The van der Waals surface area contributed by atoms with Crippen molar-refractivity contribution in [2.75, 3.05) is 5.32 Å². The van der Waals surface area contributed by atoms with E-state index in [0.29, 0.717) is 0 Å². The Kier molecular flexibility index (Phi) is 3.61. The van der Waals surface area contributed by atoms with Crippen molar-refractivity contribution in [2.24, 2.45) is 0 Å². The highest BCUT2D eigenvalue weighted by Gasteiger charge is 2.10. The number of carboxylic acid groups (broad SMARTS) is 1. The van der Waals surface area contributed by atoms with Crippen LogP contribution in [0, 0.1) is 6.92 Å². The first-order chi connectivity index (χ1) is 9.04. The van der Waals surface area contributed by atoms with E-state index in [1.54, 1.807) is 0 Å². The molecule has 0 spiro atoms. The van der Waals surface area contributed by atoms with Gasteiger partial charge in [-0.15, -0.1) is 0 Å². The van der Waals surface area contributed by atoms with E-state index in [1.807, 2.05) is 31.2 Å². The van der Waals surface area contributed by atoms with Crippen LogP contribution in [0.25, 0.3) is 0 Å². The Morgan fingerprint density at radius 2 is 2.16 bits per heavy atom. The zero-order valence-corrected chi connectivity index (χ0v) is 10.3. The lowest BCUT2D eigenvalue weighted by Crippen LogP contribution is -2.14. The number of rotatable bonds is 4. The van der Waals surface area contributed by atoms with Crippen LogP contribution < -0.4 is 5.32 Å². The number of anilines is 1. The van der Waals surface area contributed by atoms with Gasteiger partial charge in [-0.3, -0.25) is 9.89 Å². The zero-order valence-electron chi connectivity index (χ0n) is 10.3. The van der Waals surface area contributed by atoms with Crippen LogP contribution in [0.3, 0.4) is 0 Å². The number of aromatic carboxylic acids is 1. The molecule has 2 rings (SSSR count). The number of aromatic amines is 1. The Balaban J connectivity index is 1.99. The van der Waals surface area contributed by atoms with Crippen molar-refractivity contribution in [3.8, 4) is 0 Å². The first kappa shape index (κ1) is 12.8. The van der Waals surface area contributed by atoms with E-state index in [2.05, 4.69) is 15.5 Å². The maximum absolute atomic E-state index is 11.8. The summed E-state index contributed by atoms with van der Waals surface area (Å²) >= 11 is 0. The number of carboxylic acids is 1. The Hall–Kier alpha value is -2.63. The number of hydrogen-bond acceptors (Lipinski definition) is 3. The van der Waals surface area contributed by atoms with Crippen molar-refractivity contribution in [3.63, 3.8) is 0 Å². The molecule has 0 aliphatic carbocycles. The fourth-order valence-electron chi connectivity index (χ4n) is 1.69. The molecule has 0 radical (unpaired) electrons. The first-order valence-corrected chi connectivity index (χ1v) is 5.68. The molecule has 19 heavy (non-hydrogen) atoms. The second kappa shape index (κ2) is 5.34. The molecule has 98 valence electrons. The monoisotopic (exact) mass is 259 g/mol. The van der Waals surface area contributed by atoms with Gasteiger partial charge in [0.1, 0.15) is 5.69 Å². The molecule has 3 N–H and O–H groups in total. The number of aryl methyl sites for hydroxylation is 1. The van der Waals surface area contributed by atoms with Gasteiger partial charge >= 0.3 is 5.97 Å². The standard InChI is InChI=1S/C13H13N3O3/c1-8-3-2-4-9(5-8)6-12(17)14-11-7-10(13(18)19)15-16-11/h2-5,7H,6H2,1H3,(H,18,19)(H2,14,15,16,17). The van der Waals surface area contributed by atoms with Gasteiger partial charge in [-0.2, -0.15) is 5.10 Å². The number of carbonyl (C=O) groups is 2. The van der Waals surface area contributed by atoms with Crippen molar-refractivity contribution >= 4 is 17.7 Å². The van der Waals surface area contributed by atoms with E-state index in [4.69, 9.17) is 5.11 Å². The van der Waals surface area contributed by atoms with E-state index < -0.39 is 5.97 Å². The predicted molar refractivity (Wildman–Crippen MR) is 69.1 cm³/mol. The van der Waals surface area contributed by atoms with Gasteiger partial charge in [0.05, 0.1) is 6.42 Å². The molecule has 6 nitrogen and oxygen atoms in total. The van der Waals surface area contributed by atoms with Crippen LogP contribution in [-0.4, -0.2) is 27.2 Å². The second-order valence-electron chi connectivity index (χ2n) is 4.19. The predicted octanol–water partition coefficient (Wildman–Crippen LogP) is 1.60. The fraction of sp³-hybridized carbons (Fsp3) is 0.154. The lowest BCUT2D eigenvalue weighted by atomic mass is 10.1. The maximum Gasteiger partial charge on any atom is 0.353 e. The Morgan fingerprint density at radius 3 is 2.79 bits per heavy atom. The van der Waals surface area contributed by atoms with Gasteiger partial charge in [-0.1, -0.05) is 29.8 Å². The number of aromatic nitrogens is 2. The van der Waals surface area contributed by atoms with Gasteiger partial charge in [0.2, 0.25) is 5.91 Å². The van der Waals surface area contributed by atoms with Crippen molar-refractivity contribution in [2.45, 2.75) is 13.3 Å². The molecule has 0 saturated carbocycles. The average molecular weight is 259 g/mol. The molecule has 0 fully saturated rings. The van der Waals surface area contributed by atoms with Crippen LogP contribution in [0.5, 0.6) is 0 Å². The number of carbonyl (C=O) groups excluding carboxylic acids is 1. The number of benzene rings is 1. The summed E-state index contributed by atoms with van der Waals surface area (Å²) in [6.45, 7) is 1.95. The van der Waals surface area contributed by atoms with E-state index in [-0.39, 0.29) is 23.8 Å². The largest absolute Gasteiger partial charge is 0.477 e. The van der Waals surface area contributed by atoms with Gasteiger partial charge in [0, 0.05) is 6.07 Å². The quantitative estimate of drug-likeness (QED) is 0.777. The summed E-state index contributed by atoms with van der Waals surface area (Å²) < 4.78 is 0. The third kappa shape index (κ3) is 3.41. The lowest BCUT2D eigenvalue weighted by Gasteiger charge is -2.02. The molecule has 2 aromatic rings. The van der Waals surface area contributed by atoms with Gasteiger partial charge in [-0.25, -0.2) is 4.79 Å². The third-order valence-electron chi connectivity index (χ3n) is 2.52. The molecule has 1 aromatic carbocycles. The van der Waals surface area contributed by atoms with Crippen molar-refractivity contribution in [1.82, 2.24) is 10.2 Å². The summed E-state index contributed by atoms with van der Waals surface area (Å²) in [5.41, 5.74) is 1.91. The van der Waals surface area contributed by atoms with Gasteiger partial charge in [0.15, 0.2) is 5.82 Å². The third-order valence-corrected chi connectivity index (χ3v) is 2.52. The fourth-order valence-corrected chi connectivity index (χ4v) is 1.69.